The lowest BCUT2D eigenvalue weighted by Crippen LogP contribution is -2.29. The van der Waals surface area contributed by atoms with Crippen LogP contribution < -0.4 is 4.90 Å². The molecule has 1 heterocycles. The average molecular weight is 446 g/mol. The maximum absolute atomic E-state index is 13.3. The van der Waals surface area contributed by atoms with Crippen molar-refractivity contribution in [2.24, 2.45) is 0 Å². The largest absolute Gasteiger partial charge is 0.508 e. The van der Waals surface area contributed by atoms with Crippen molar-refractivity contribution in [3.63, 3.8) is 0 Å². The van der Waals surface area contributed by atoms with Crippen LogP contribution in [0.5, 0.6) is 5.75 Å². The highest BCUT2D eigenvalue weighted by molar-refractivity contribution is 6.51. The van der Waals surface area contributed by atoms with E-state index in [1.165, 1.54) is 17.0 Å². The summed E-state index contributed by atoms with van der Waals surface area (Å²) in [5.74, 6) is -1.84. The molecule has 0 aromatic heterocycles. The number of aliphatic hydroxyl groups is 1. The van der Waals surface area contributed by atoms with Gasteiger partial charge in [-0.2, -0.15) is 5.26 Å². The summed E-state index contributed by atoms with van der Waals surface area (Å²) >= 11 is 0. The van der Waals surface area contributed by atoms with Gasteiger partial charge in [0.05, 0.1) is 23.2 Å². The molecular formula is C28H18N2O4. The molecule has 0 aliphatic carbocycles. The standard InChI is InChI=1S/C28H18N2O4/c29-16-17-8-12-20(13-9-17)30-25(19-10-14-21(31)15-11-19)24(27(33)28(30)34)26(32)23-7-3-5-18-4-1-2-6-22(18)23/h1-15,25,31-32H/b26-24-. The second kappa shape index (κ2) is 8.23. The minimum Gasteiger partial charge on any atom is -0.508 e. The Kier molecular flexibility index (Phi) is 5.08. The van der Waals surface area contributed by atoms with Gasteiger partial charge in [-0.25, -0.2) is 0 Å². The second-order valence-electron chi connectivity index (χ2n) is 7.95. The Morgan fingerprint density at radius 3 is 2.24 bits per heavy atom. The lowest BCUT2D eigenvalue weighted by atomic mass is 9.93. The minimum absolute atomic E-state index is 0.0353. The summed E-state index contributed by atoms with van der Waals surface area (Å²) in [4.78, 5) is 27.9. The number of nitrogens with zero attached hydrogens (tertiary/aromatic N) is 2. The van der Waals surface area contributed by atoms with Gasteiger partial charge in [0.2, 0.25) is 0 Å². The summed E-state index contributed by atoms with van der Waals surface area (Å²) in [5.41, 5.74) is 1.77. The first-order valence-electron chi connectivity index (χ1n) is 10.6. The number of aromatic hydroxyl groups is 1. The monoisotopic (exact) mass is 446 g/mol. The highest BCUT2D eigenvalue weighted by Crippen LogP contribution is 2.43. The fourth-order valence-electron chi connectivity index (χ4n) is 4.34. The van der Waals surface area contributed by atoms with E-state index < -0.39 is 17.7 Å². The average Bonchev–Trinajstić information content (AvgIpc) is 3.14. The lowest BCUT2D eigenvalue weighted by Gasteiger charge is -2.25. The summed E-state index contributed by atoms with van der Waals surface area (Å²) in [6, 6.07) is 26.4. The number of anilines is 1. The van der Waals surface area contributed by atoms with Crippen LogP contribution in [0.1, 0.15) is 22.7 Å². The van der Waals surface area contributed by atoms with Crippen molar-refractivity contribution in [3.05, 3.63) is 113 Å². The van der Waals surface area contributed by atoms with Crippen molar-refractivity contribution in [3.8, 4) is 11.8 Å². The number of nitriles is 1. The maximum Gasteiger partial charge on any atom is 0.300 e. The van der Waals surface area contributed by atoms with E-state index in [2.05, 4.69) is 0 Å². The number of carbonyl (C=O) groups excluding carboxylic acids is 2. The summed E-state index contributed by atoms with van der Waals surface area (Å²) in [7, 11) is 0. The molecule has 0 radical (unpaired) electrons. The van der Waals surface area contributed by atoms with Gasteiger partial charge in [0, 0.05) is 11.3 Å². The van der Waals surface area contributed by atoms with Crippen molar-refractivity contribution in [1.29, 1.82) is 5.26 Å². The van der Waals surface area contributed by atoms with Crippen LogP contribution in [0, 0.1) is 11.3 Å². The Balaban J connectivity index is 1.76. The number of rotatable bonds is 3. The first kappa shape index (κ1) is 21.0. The Morgan fingerprint density at radius 1 is 0.853 bits per heavy atom. The van der Waals surface area contributed by atoms with Crippen LogP contribution in [0.4, 0.5) is 5.69 Å². The van der Waals surface area contributed by atoms with E-state index in [9.17, 15) is 19.8 Å². The van der Waals surface area contributed by atoms with E-state index in [4.69, 9.17) is 5.26 Å². The number of phenolic OH excluding ortho intramolecular Hbond substituents is 1. The molecule has 6 heteroatoms. The van der Waals surface area contributed by atoms with Gasteiger partial charge in [-0.3, -0.25) is 14.5 Å². The molecule has 34 heavy (non-hydrogen) atoms. The quantitative estimate of drug-likeness (QED) is 0.261. The molecule has 1 amide bonds. The van der Waals surface area contributed by atoms with Gasteiger partial charge >= 0.3 is 0 Å². The first-order chi connectivity index (χ1) is 16.5. The summed E-state index contributed by atoms with van der Waals surface area (Å²) in [5, 5.41) is 32.0. The van der Waals surface area contributed by atoms with E-state index in [1.54, 1.807) is 48.5 Å². The number of phenols is 1. The predicted octanol–water partition coefficient (Wildman–Crippen LogP) is 5.04. The van der Waals surface area contributed by atoms with Crippen molar-refractivity contribution in [1.82, 2.24) is 0 Å². The molecule has 4 aromatic carbocycles. The SMILES string of the molecule is N#Cc1ccc(N2C(=O)C(=O)/C(=C(\O)c3cccc4ccccc34)C2c2ccc(O)cc2)cc1. The van der Waals surface area contributed by atoms with Gasteiger partial charge in [-0.15, -0.1) is 0 Å². The Bertz CT molecular complexity index is 1510. The molecule has 1 saturated heterocycles. The molecule has 6 nitrogen and oxygen atoms in total. The molecular weight excluding hydrogens is 428 g/mol. The number of benzene rings is 4. The molecule has 4 aromatic rings. The molecule has 164 valence electrons. The zero-order chi connectivity index (χ0) is 23.8. The number of hydrogen-bond acceptors (Lipinski definition) is 5. The van der Waals surface area contributed by atoms with Gasteiger partial charge in [0.1, 0.15) is 11.5 Å². The van der Waals surface area contributed by atoms with Gasteiger partial charge in [0.15, 0.2) is 0 Å². The molecule has 1 atom stereocenters. The van der Waals surface area contributed by atoms with Crippen LogP contribution in [0.25, 0.3) is 16.5 Å². The van der Waals surface area contributed by atoms with E-state index >= 15 is 0 Å². The number of fused-ring (bicyclic) bond motifs is 1. The van der Waals surface area contributed by atoms with E-state index in [1.807, 2.05) is 36.4 Å². The third kappa shape index (κ3) is 3.37. The number of aliphatic hydroxyl groups excluding tert-OH is 1. The summed E-state index contributed by atoms with van der Waals surface area (Å²) in [6.45, 7) is 0. The molecule has 1 unspecified atom stereocenters. The minimum atomic E-state index is -0.924. The first-order valence-corrected chi connectivity index (χ1v) is 10.6. The predicted molar refractivity (Wildman–Crippen MR) is 128 cm³/mol. The van der Waals surface area contributed by atoms with Crippen molar-refractivity contribution < 1.29 is 19.8 Å². The zero-order valence-electron chi connectivity index (χ0n) is 17.8. The number of ketones is 1. The maximum atomic E-state index is 13.3. The van der Waals surface area contributed by atoms with Crippen molar-refractivity contribution in [2.45, 2.75) is 6.04 Å². The van der Waals surface area contributed by atoms with Gasteiger partial charge in [0.25, 0.3) is 11.7 Å². The zero-order valence-corrected chi connectivity index (χ0v) is 17.8. The molecule has 5 rings (SSSR count). The Labute approximate surface area is 195 Å². The molecule has 0 spiro atoms. The van der Waals surface area contributed by atoms with Crippen molar-refractivity contribution in [2.75, 3.05) is 4.90 Å². The number of hydrogen-bond donors (Lipinski definition) is 2. The van der Waals surface area contributed by atoms with Crippen LogP contribution in [0.15, 0.2) is 96.6 Å². The fraction of sp³-hybridized carbons (Fsp3) is 0.0357. The Hall–Kier alpha value is -4.89. The smallest absolute Gasteiger partial charge is 0.300 e. The van der Waals surface area contributed by atoms with Crippen LogP contribution in [0.2, 0.25) is 0 Å². The summed E-state index contributed by atoms with van der Waals surface area (Å²) in [6.07, 6.45) is 0. The highest BCUT2D eigenvalue weighted by Gasteiger charge is 2.47. The number of amides is 1. The molecule has 1 aliphatic heterocycles. The van der Waals surface area contributed by atoms with Gasteiger partial charge in [-0.1, -0.05) is 54.6 Å². The van der Waals surface area contributed by atoms with Crippen LogP contribution in [-0.4, -0.2) is 21.9 Å². The van der Waals surface area contributed by atoms with E-state index in [0.29, 0.717) is 22.4 Å². The molecule has 0 bridgehead atoms. The Morgan fingerprint density at radius 2 is 1.53 bits per heavy atom. The topological polar surface area (TPSA) is 102 Å². The third-order valence-corrected chi connectivity index (χ3v) is 5.97. The number of carbonyl (C=O) groups is 2. The lowest BCUT2D eigenvalue weighted by molar-refractivity contribution is -0.132. The van der Waals surface area contributed by atoms with Crippen LogP contribution >= 0.6 is 0 Å². The third-order valence-electron chi connectivity index (χ3n) is 5.97. The van der Waals surface area contributed by atoms with E-state index in [0.717, 1.165) is 10.8 Å². The van der Waals surface area contributed by atoms with Crippen LogP contribution in [-0.2, 0) is 9.59 Å². The summed E-state index contributed by atoms with van der Waals surface area (Å²) < 4.78 is 0. The molecule has 0 saturated carbocycles. The second-order valence-corrected chi connectivity index (χ2v) is 7.95. The van der Waals surface area contributed by atoms with Crippen molar-refractivity contribution >= 4 is 33.9 Å². The number of Topliss-reactive ketones (excluding diaryl/α,β-unsaturated/α-hetero) is 1. The van der Waals surface area contributed by atoms with E-state index in [-0.39, 0.29) is 17.1 Å². The van der Waals surface area contributed by atoms with Gasteiger partial charge < -0.3 is 10.2 Å². The molecule has 1 aliphatic rings. The molecule has 1 fully saturated rings. The highest BCUT2D eigenvalue weighted by atomic mass is 16.3. The van der Waals surface area contributed by atoms with Crippen LogP contribution in [0.3, 0.4) is 0 Å². The normalized spacial score (nSPS) is 17.1. The van der Waals surface area contributed by atoms with Gasteiger partial charge in [-0.05, 0) is 52.7 Å². The fourth-order valence-corrected chi connectivity index (χ4v) is 4.34. The molecule has 2 N–H and O–H groups in total.